The minimum atomic E-state index is -0.187. The van der Waals surface area contributed by atoms with Crippen molar-refractivity contribution in [3.63, 3.8) is 0 Å². The van der Waals surface area contributed by atoms with Crippen molar-refractivity contribution in [2.45, 2.75) is 13.0 Å². The largest absolute Gasteiger partial charge is 0.490 e. The molecule has 4 rings (SSSR count). The van der Waals surface area contributed by atoms with Gasteiger partial charge in [0.15, 0.2) is 11.5 Å². The monoisotopic (exact) mass is 372 g/mol. The van der Waals surface area contributed by atoms with Crippen molar-refractivity contribution >= 4 is 28.6 Å². The Morgan fingerprint density at radius 1 is 1.16 bits per heavy atom. The van der Waals surface area contributed by atoms with Gasteiger partial charge in [-0.3, -0.25) is 4.79 Å². The molecule has 0 aliphatic carbocycles. The van der Waals surface area contributed by atoms with E-state index in [1.54, 1.807) is 34.8 Å². The van der Waals surface area contributed by atoms with Crippen LogP contribution in [0.5, 0.6) is 11.5 Å². The van der Waals surface area contributed by atoms with Gasteiger partial charge in [0.2, 0.25) is 0 Å². The zero-order valence-electron chi connectivity index (χ0n) is 13.4. The molecule has 128 valence electrons. The number of thiophene rings is 1. The number of amides is 1. The molecule has 5 nitrogen and oxygen atoms in total. The Bertz CT molecular complexity index is 874. The summed E-state index contributed by atoms with van der Waals surface area (Å²) >= 11 is 3.24. The second-order valence-electron chi connectivity index (χ2n) is 5.49. The van der Waals surface area contributed by atoms with E-state index in [4.69, 9.17) is 9.47 Å². The summed E-state index contributed by atoms with van der Waals surface area (Å²) in [6.45, 7) is 1.53. The highest BCUT2D eigenvalue weighted by atomic mass is 32.1. The smallest absolute Gasteiger partial charge is 0.255 e. The number of carbonyl (C=O) groups is 1. The highest BCUT2D eigenvalue weighted by Crippen LogP contribution is 2.33. The zero-order chi connectivity index (χ0) is 17.1. The van der Waals surface area contributed by atoms with Gasteiger partial charge in [-0.2, -0.15) is 0 Å². The van der Waals surface area contributed by atoms with Crippen LogP contribution in [0.1, 0.15) is 22.5 Å². The number of fused-ring (bicyclic) bond motifs is 1. The Labute approximate surface area is 153 Å². The third kappa shape index (κ3) is 3.52. The molecule has 0 saturated carbocycles. The molecule has 0 spiro atoms. The third-order valence-electron chi connectivity index (χ3n) is 3.73. The van der Waals surface area contributed by atoms with Gasteiger partial charge in [0, 0.05) is 11.8 Å². The number of thiazole rings is 1. The second kappa shape index (κ2) is 7.25. The maximum atomic E-state index is 12.6. The summed E-state index contributed by atoms with van der Waals surface area (Å²) in [5, 5.41) is 7.90. The zero-order valence-corrected chi connectivity index (χ0v) is 15.0. The number of nitrogens with zero attached hydrogens (tertiary/aromatic N) is 1. The molecule has 0 saturated heterocycles. The van der Waals surface area contributed by atoms with Gasteiger partial charge in [-0.25, -0.2) is 4.98 Å². The van der Waals surface area contributed by atoms with Crippen LogP contribution in [-0.4, -0.2) is 24.1 Å². The molecule has 1 N–H and O–H groups in total. The summed E-state index contributed by atoms with van der Waals surface area (Å²) in [5.74, 6) is 0.960. The summed E-state index contributed by atoms with van der Waals surface area (Å²) in [4.78, 5) is 18.3. The van der Waals surface area contributed by atoms with E-state index in [9.17, 15) is 4.79 Å². The Balaban J connectivity index is 1.46. The summed E-state index contributed by atoms with van der Waals surface area (Å²) in [7, 11) is 0. The Hall–Kier alpha value is -2.38. The molecule has 1 amide bonds. The first-order valence-corrected chi connectivity index (χ1v) is 9.72. The van der Waals surface area contributed by atoms with Gasteiger partial charge in [-0.05, 0) is 23.6 Å². The molecule has 7 heteroatoms. The number of benzene rings is 1. The SMILES string of the molecule is O=C(NCc1csc(-c2cccs2)n1)c1cccc2c1OCCCO2. The summed E-state index contributed by atoms with van der Waals surface area (Å²) in [5.41, 5.74) is 1.34. The van der Waals surface area contributed by atoms with Gasteiger partial charge >= 0.3 is 0 Å². The predicted octanol–water partition coefficient (Wildman–Crippen LogP) is 3.96. The molecule has 1 aliphatic heterocycles. The predicted molar refractivity (Wildman–Crippen MR) is 98.6 cm³/mol. The van der Waals surface area contributed by atoms with Crippen LogP contribution in [0.2, 0.25) is 0 Å². The fourth-order valence-electron chi connectivity index (χ4n) is 2.54. The molecule has 0 radical (unpaired) electrons. The number of rotatable bonds is 4. The number of nitrogens with one attached hydrogen (secondary N) is 1. The van der Waals surface area contributed by atoms with E-state index >= 15 is 0 Å². The van der Waals surface area contributed by atoms with Crippen LogP contribution in [0.15, 0.2) is 41.1 Å². The van der Waals surface area contributed by atoms with Gasteiger partial charge in [-0.15, -0.1) is 22.7 Å². The lowest BCUT2D eigenvalue weighted by Crippen LogP contribution is -2.23. The van der Waals surface area contributed by atoms with Crippen LogP contribution in [0.3, 0.4) is 0 Å². The molecule has 25 heavy (non-hydrogen) atoms. The van der Waals surface area contributed by atoms with E-state index in [1.807, 2.05) is 29.0 Å². The lowest BCUT2D eigenvalue weighted by atomic mass is 10.1. The fourth-order valence-corrected chi connectivity index (χ4v) is 4.17. The molecule has 2 aromatic heterocycles. The van der Waals surface area contributed by atoms with Crippen molar-refractivity contribution in [2.24, 2.45) is 0 Å². The second-order valence-corrected chi connectivity index (χ2v) is 7.29. The molecule has 3 aromatic rings. The summed E-state index contributed by atoms with van der Waals surface area (Å²) < 4.78 is 11.3. The van der Waals surface area contributed by atoms with Gasteiger partial charge < -0.3 is 14.8 Å². The van der Waals surface area contributed by atoms with Crippen molar-refractivity contribution in [2.75, 3.05) is 13.2 Å². The fraction of sp³-hybridized carbons (Fsp3) is 0.222. The number of ether oxygens (including phenoxy) is 2. The number of aromatic nitrogens is 1. The first kappa shape index (κ1) is 16.1. The topological polar surface area (TPSA) is 60.5 Å². The van der Waals surface area contributed by atoms with Crippen LogP contribution in [0.25, 0.3) is 9.88 Å². The van der Waals surface area contributed by atoms with Gasteiger partial charge in [-0.1, -0.05) is 12.1 Å². The number of para-hydroxylation sites is 1. The third-order valence-corrected chi connectivity index (χ3v) is 5.66. The Morgan fingerprint density at radius 3 is 2.96 bits per heavy atom. The van der Waals surface area contributed by atoms with E-state index in [0.29, 0.717) is 36.8 Å². The Morgan fingerprint density at radius 2 is 2.08 bits per heavy atom. The number of hydrogen-bond acceptors (Lipinski definition) is 6. The van der Waals surface area contributed by atoms with E-state index < -0.39 is 0 Å². The van der Waals surface area contributed by atoms with E-state index in [1.165, 1.54) is 0 Å². The number of carbonyl (C=O) groups excluding carboxylic acids is 1. The lowest BCUT2D eigenvalue weighted by Gasteiger charge is -2.12. The molecule has 0 unspecified atom stereocenters. The molecule has 0 atom stereocenters. The number of hydrogen-bond donors (Lipinski definition) is 1. The van der Waals surface area contributed by atoms with Crippen LogP contribution < -0.4 is 14.8 Å². The molecule has 1 aliphatic rings. The van der Waals surface area contributed by atoms with Crippen molar-refractivity contribution in [3.8, 4) is 21.4 Å². The lowest BCUT2D eigenvalue weighted by molar-refractivity contribution is 0.0946. The van der Waals surface area contributed by atoms with Gasteiger partial charge in [0.1, 0.15) is 5.01 Å². The molecule has 0 fully saturated rings. The van der Waals surface area contributed by atoms with Crippen molar-refractivity contribution < 1.29 is 14.3 Å². The first-order chi connectivity index (χ1) is 12.3. The van der Waals surface area contributed by atoms with E-state index in [-0.39, 0.29) is 5.91 Å². The quantitative estimate of drug-likeness (QED) is 0.753. The van der Waals surface area contributed by atoms with E-state index in [0.717, 1.165) is 22.0 Å². The molecular formula is C18H16N2O3S2. The molecule has 3 heterocycles. The molecule has 0 bridgehead atoms. The average Bonchev–Trinajstić information content (AvgIpc) is 3.26. The first-order valence-electron chi connectivity index (χ1n) is 7.96. The van der Waals surface area contributed by atoms with Gasteiger partial charge in [0.25, 0.3) is 5.91 Å². The normalized spacial score (nSPS) is 13.3. The maximum Gasteiger partial charge on any atom is 0.255 e. The summed E-state index contributed by atoms with van der Waals surface area (Å²) in [6, 6.07) is 9.43. The highest BCUT2D eigenvalue weighted by Gasteiger charge is 2.19. The standard InChI is InChI=1S/C18H16N2O3S2/c21-17(13-4-1-5-14-16(13)23-8-3-7-22-14)19-10-12-11-25-18(20-12)15-6-2-9-24-15/h1-2,4-6,9,11H,3,7-8,10H2,(H,19,21). The molecule has 1 aromatic carbocycles. The van der Waals surface area contributed by atoms with Crippen LogP contribution >= 0.6 is 22.7 Å². The van der Waals surface area contributed by atoms with Crippen LogP contribution in [-0.2, 0) is 6.54 Å². The van der Waals surface area contributed by atoms with Crippen LogP contribution in [0, 0.1) is 0 Å². The van der Waals surface area contributed by atoms with Crippen molar-refractivity contribution in [1.82, 2.24) is 10.3 Å². The molecular weight excluding hydrogens is 356 g/mol. The van der Waals surface area contributed by atoms with E-state index in [2.05, 4.69) is 10.3 Å². The van der Waals surface area contributed by atoms with Gasteiger partial charge in [0.05, 0.1) is 35.9 Å². The minimum Gasteiger partial charge on any atom is -0.490 e. The van der Waals surface area contributed by atoms with Crippen LogP contribution in [0.4, 0.5) is 0 Å². The average molecular weight is 372 g/mol. The van der Waals surface area contributed by atoms with Crippen molar-refractivity contribution in [3.05, 3.63) is 52.3 Å². The highest BCUT2D eigenvalue weighted by molar-refractivity contribution is 7.20. The van der Waals surface area contributed by atoms with Crippen molar-refractivity contribution in [1.29, 1.82) is 0 Å². The summed E-state index contributed by atoms with van der Waals surface area (Å²) in [6.07, 6.45) is 0.806. The minimum absolute atomic E-state index is 0.187. The Kier molecular flexibility index (Phi) is 4.67. The maximum absolute atomic E-state index is 12.6.